The molecule has 0 saturated carbocycles. The average Bonchev–Trinajstić information content (AvgIpc) is 2.62. The van der Waals surface area contributed by atoms with Gasteiger partial charge >= 0.3 is 0 Å². The van der Waals surface area contributed by atoms with E-state index in [9.17, 15) is 21.2 Å². The van der Waals surface area contributed by atoms with Gasteiger partial charge in [-0.3, -0.25) is 0 Å². The maximum atomic E-state index is 13.2. The van der Waals surface area contributed by atoms with Gasteiger partial charge in [-0.2, -0.15) is 8.61 Å². The molecule has 0 N–H and O–H groups in total. The third-order valence-electron chi connectivity index (χ3n) is 4.37. The van der Waals surface area contributed by atoms with Gasteiger partial charge in [0.25, 0.3) is 0 Å². The molecule has 1 aliphatic heterocycles. The van der Waals surface area contributed by atoms with Crippen molar-refractivity contribution in [3.63, 3.8) is 0 Å². The summed E-state index contributed by atoms with van der Waals surface area (Å²) in [5, 5.41) is 0. The van der Waals surface area contributed by atoms with Crippen molar-refractivity contribution in [1.82, 2.24) is 8.61 Å². The molecule has 0 aliphatic carbocycles. The van der Waals surface area contributed by atoms with Gasteiger partial charge in [0.15, 0.2) is 0 Å². The fourth-order valence-electron chi connectivity index (χ4n) is 2.83. The van der Waals surface area contributed by atoms with Crippen molar-refractivity contribution in [3.8, 4) is 0 Å². The number of piperazine rings is 1. The molecule has 2 aromatic rings. The van der Waals surface area contributed by atoms with E-state index in [0.717, 1.165) is 17.7 Å². The van der Waals surface area contributed by atoms with Crippen LogP contribution >= 0.6 is 15.9 Å². The predicted molar refractivity (Wildman–Crippen MR) is 103 cm³/mol. The first-order valence-corrected chi connectivity index (χ1v) is 11.8. The summed E-state index contributed by atoms with van der Waals surface area (Å²) in [6, 6.07) is 9.90. The van der Waals surface area contributed by atoms with E-state index in [2.05, 4.69) is 15.9 Å². The first-order valence-electron chi connectivity index (χ1n) is 8.14. The second-order valence-corrected chi connectivity index (χ2v) is 10.9. The van der Waals surface area contributed by atoms with E-state index >= 15 is 0 Å². The minimum atomic E-state index is -3.85. The van der Waals surface area contributed by atoms with Gasteiger partial charge in [-0.25, -0.2) is 21.2 Å². The van der Waals surface area contributed by atoms with Gasteiger partial charge in [-0.15, -0.1) is 0 Å². The van der Waals surface area contributed by atoms with Crippen LogP contribution in [0.15, 0.2) is 56.7 Å². The zero-order chi connectivity index (χ0) is 19.8. The zero-order valence-corrected chi connectivity index (χ0v) is 17.7. The number of hydrogen-bond acceptors (Lipinski definition) is 4. The first kappa shape index (κ1) is 20.4. The predicted octanol–water partition coefficient (Wildman–Crippen LogP) is 2.59. The minimum absolute atomic E-state index is 0.0250. The largest absolute Gasteiger partial charge is 0.244 e. The van der Waals surface area contributed by atoms with Crippen LogP contribution in [0.5, 0.6) is 0 Å². The standard InChI is InChI=1S/C17H18BrFN2O4S2/c1-13-2-5-15(6-3-13)26(22,23)20-8-10-21(11-9-20)27(24,25)17-7-4-14(19)12-16(17)18/h2-7,12H,8-11H2,1H3. The number of halogens is 2. The van der Waals surface area contributed by atoms with Crippen LogP contribution < -0.4 is 0 Å². The molecular formula is C17H18BrFN2O4S2. The van der Waals surface area contributed by atoms with Crippen molar-refractivity contribution >= 4 is 36.0 Å². The Kier molecular flexibility index (Phi) is 5.74. The molecule has 3 rings (SSSR count). The van der Waals surface area contributed by atoms with Gasteiger partial charge in [-0.1, -0.05) is 17.7 Å². The van der Waals surface area contributed by atoms with Crippen LogP contribution in [0.25, 0.3) is 0 Å². The number of aryl methyl sites for hydroxylation is 1. The zero-order valence-electron chi connectivity index (χ0n) is 14.5. The number of benzene rings is 2. The van der Waals surface area contributed by atoms with Gasteiger partial charge in [0.1, 0.15) is 5.82 Å². The van der Waals surface area contributed by atoms with E-state index in [4.69, 9.17) is 0 Å². The summed E-state index contributed by atoms with van der Waals surface area (Å²) in [7, 11) is -7.52. The summed E-state index contributed by atoms with van der Waals surface area (Å²) in [5.41, 5.74) is 0.953. The molecule has 1 saturated heterocycles. The lowest BCUT2D eigenvalue weighted by Crippen LogP contribution is -2.50. The Hall–Kier alpha value is -1.33. The molecule has 0 atom stereocenters. The molecule has 1 fully saturated rings. The van der Waals surface area contributed by atoms with Gasteiger partial charge in [0, 0.05) is 30.7 Å². The fourth-order valence-corrected chi connectivity index (χ4v) is 6.69. The van der Waals surface area contributed by atoms with Crippen LogP contribution in [0.1, 0.15) is 5.56 Å². The Bertz CT molecular complexity index is 1050. The van der Waals surface area contributed by atoms with Crippen LogP contribution in [0.3, 0.4) is 0 Å². The van der Waals surface area contributed by atoms with Crippen LogP contribution in [0, 0.1) is 12.7 Å². The maximum Gasteiger partial charge on any atom is 0.244 e. The highest BCUT2D eigenvalue weighted by atomic mass is 79.9. The Morgan fingerprint density at radius 2 is 1.37 bits per heavy atom. The Morgan fingerprint density at radius 1 is 0.852 bits per heavy atom. The van der Waals surface area contributed by atoms with Gasteiger partial charge < -0.3 is 0 Å². The van der Waals surface area contributed by atoms with Crippen molar-refractivity contribution in [3.05, 3.63) is 58.3 Å². The number of nitrogens with zero attached hydrogens (tertiary/aromatic N) is 2. The third kappa shape index (κ3) is 4.09. The highest BCUT2D eigenvalue weighted by molar-refractivity contribution is 9.10. The van der Waals surface area contributed by atoms with E-state index in [1.807, 2.05) is 6.92 Å². The van der Waals surface area contributed by atoms with Crippen LogP contribution in [0.2, 0.25) is 0 Å². The first-order chi connectivity index (χ1) is 12.6. The quantitative estimate of drug-likeness (QED) is 0.679. The molecule has 10 heteroatoms. The second kappa shape index (κ2) is 7.59. The maximum absolute atomic E-state index is 13.2. The molecular weight excluding hydrogens is 459 g/mol. The lowest BCUT2D eigenvalue weighted by molar-refractivity contribution is 0.272. The van der Waals surface area contributed by atoms with Gasteiger partial charge in [-0.05, 0) is 53.2 Å². The van der Waals surface area contributed by atoms with E-state index in [1.54, 1.807) is 24.3 Å². The van der Waals surface area contributed by atoms with Gasteiger partial charge in [0.05, 0.1) is 9.79 Å². The number of sulfonamides is 2. The van der Waals surface area contributed by atoms with E-state index in [0.29, 0.717) is 0 Å². The molecule has 27 heavy (non-hydrogen) atoms. The molecule has 0 bridgehead atoms. The van der Waals surface area contributed by atoms with Gasteiger partial charge in [0.2, 0.25) is 20.0 Å². The molecule has 146 valence electrons. The summed E-state index contributed by atoms with van der Waals surface area (Å²) < 4.78 is 66.9. The van der Waals surface area contributed by atoms with Crippen molar-refractivity contribution in [2.75, 3.05) is 26.2 Å². The average molecular weight is 477 g/mol. The normalized spacial score (nSPS) is 17.1. The molecule has 1 heterocycles. The van der Waals surface area contributed by atoms with E-state index < -0.39 is 25.9 Å². The molecule has 0 radical (unpaired) electrons. The molecule has 1 aliphatic rings. The van der Waals surface area contributed by atoms with E-state index in [-0.39, 0.29) is 40.4 Å². The molecule has 0 unspecified atom stereocenters. The highest BCUT2D eigenvalue weighted by Crippen LogP contribution is 2.27. The monoisotopic (exact) mass is 476 g/mol. The van der Waals surface area contributed by atoms with Crippen molar-refractivity contribution in [1.29, 1.82) is 0 Å². The van der Waals surface area contributed by atoms with Crippen molar-refractivity contribution in [2.45, 2.75) is 16.7 Å². The van der Waals surface area contributed by atoms with Crippen LogP contribution in [0.4, 0.5) is 4.39 Å². The lowest BCUT2D eigenvalue weighted by Gasteiger charge is -2.33. The Morgan fingerprint density at radius 3 is 1.89 bits per heavy atom. The van der Waals surface area contributed by atoms with Crippen LogP contribution in [-0.2, 0) is 20.0 Å². The second-order valence-electron chi connectivity index (χ2n) is 6.20. The molecule has 0 spiro atoms. The number of rotatable bonds is 4. The summed E-state index contributed by atoms with van der Waals surface area (Å²) in [6.07, 6.45) is 0. The Labute approximate surface area is 166 Å². The summed E-state index contributed by atoms with van der Waals surface area (Å²) in [4.78, 5) is 0.143. The fraction of sp³-hybridized carbons (Fsp3) is 0.294. The Balaban J connectivity index is 1.77. The smallest absolute Gasteiger partial charge is 0.207 e. The molecule has 2 aromatic carbocycles. The molecule has 0 amide bonds. The van der Waals surface area contributed by atoms with Crippen molar-refractivity contribution in [2.24, 2.45) is 0 Å². The lowest BCUT2D eigenvalue weighted by atomic mass is 10.2. The summed E-state index contributed by atoms with van der Waals surface area (Å²) in [5.74, 6) is -0.546. The highest BCUT2D eigenvalue weighted by Gasteiger charge is 2.34. The summed E-state index contributed by atoms with van der Waals surface area (Å²) in [6.45, 7) is 2.02. The van der Waals surface area contributed by atoms with Crippen LogP contribution in [-0.4, -0.2) is 51.6 Å². The molecule has 0 aromatic heterocycles. The number of hydrogen-bond donors (Lipinski definition) is 0. The minimum Gasteiger partial charge on any atom is -0.207 e. The topological polar surface area (TPSA) is 74.8 Å². The van der Waals surface area contributed by atoms with E-state index in [1.165, 1.54) is 14.7 Å². The molecule has 6 nitrogen and oxygen atoms in total. The third-order valence-corrected chi connectivity index (χ3v) is 9.16. The van der Waals surface area contributed by atoms with Crippen molar-refractivity contribution < 1.29 is 21.2 Å². The SMILES string of the molecule is Cc1ccc(S(=O)(=O)N2CCN(S(=O)(=O)c3ccc(F)cc3Br)CC2)cc1. The summed E-state index contributed by atoms with van der Waals surface area (Å²) >= 11 is 3.08.